The van der Waals surface area contributed by atoms with Crippen LogP contribution in [0, 0.1) is 16.7 Å². The Morgan fingerprint density at radius 1 is 1.05 bits per heavy atom. The Balaban J connectivity index is 0.987. The van der Waals surface area contributed by atoms with E-state index in [1.165, 1.54) is 35.6 Å². The van der Waals surface area contributed by atoms with Gasteiger partial charge >= 0.3 is 12.1 Å². The molecule has 0 spiro atoms. The van der Waals surface area contributed by atoms with Crippen LogP contribution in [0.2, 0.25) is 5.02 Å². The summed E-state index contributed by atoms with van der Waals surface area (Å²) in [6.45, 7) is 13.7. The summed E-state index contributed by atoms with van der Waals surface area (Å²) in [5.41, 5.74) is -1.93. The average Bonchev–Trinajstić information content (AvgIpc) is 3.87. The van der Waals surface area contributed by atoms with Crippen LogP contribution in [0.3, 0.4) is 0 Å². The molecule has 8 heterocycles. The van der Waals surface area contributed by atoms with Gasteiger partial charge < -0.3 is 59.2 Å². The monoisotopic (exact) mass is 1160 g/mol. The van der Waals surface area contributed by atoms with Crippen LogP contribution in [0.5, 0.6) is 17.5 Å². The lowest BCUT2D eigenvalue weighted by atomic mass is 9.43. The molecule has 18 nitrogen and oxygen atoms in total. The van der Waals surface area contributed by atoms with Gasteiger partial charge in [-0.15, -0.1) is 11.8 Å². The molecular formula is C61H82ClN5O13S. The maximum Gasteiger partial charge on any atom is 0.409 e. The van der Waals surface area contributed by atoms with Crippen molar-refractivity contribution in [2.45, 2.75) is 177 Å². The number of carbonyl (C=O) groups excluding carboxylic acids is 4. The Kier molecular flexibility index (Phi) is 16.4. The molecule has 9 aliphatic rings. The second kappa shape index (κ2) is 22.0. The lowest BCUT2D eigenvalue weighted by Crippen LogP contribution is -2.72. The van der Waals surface area contributed by atoms with Gasteiger partial charge in [0.2, 0.25) is 11.8 Å². The van der Waals surface area contributed by atoms with E-state index in [-0.39, 0.29) is 60.8 Å². The second-order valence-electron chi connectivity index (χ2n) is 25.0. The van der Waals surface area contributed by atoms with Crippen molar-refractivity contribution in [2.24, 2.45) is 16.7 Å². The molecule has 4 fully saturated rings. The zero-order valence-corrected chi connectivity index (χ0v) is 50.4. The number of aromatic nitrogens is 1. The minimum Gasteiger partial charge on any atom is -0.495 e. The van der Waals surface area contributed by atoms with Gasteiger partial charge in [-0.3, -0.25) is 19.5 Å². The fourth-order valence-electron chi connectivity index (χ4n) is 14.7. The molecule has 6 unspecified atom stereocenters. The molecule has 12 rings (SSSR count). The first-order valence-corrected chi connectivity index (χ1v) is 29.5. The molecule has 3 amide bonds. The second-order valence-corrected chi connectivity index (χ2v) is 26.8. The number of halogens is 1. The number of hydrogen-bond donors (Lipinski definition) is 6. The van der Waals surface area contributed by atoms with E-state index in [0.717, 1.165) is 41.5 Å². The first-order chi connectivity index (χ1) is 38.0. The number of ether oxygens (including phenoxy) is 5. The third-order valence-corrected chi connectivity index (χ3v) is 21.9. The number of rotatable bonds is 11. The molecule has 81 heavy (non-hydrogen) atoms. The van der Waals surface area contributed by atoms with Gasteiger partial charge in [-0.05, 0) is 121 Å². The molecule has 442 valence electrons. The first kappa shape index (κ1) is 60.3. The minimum atomic E-state index is -1.91. The smallest absolute Gasteiger partial charge is 0.409 e. The maximum atomic E-state index is 14.6. The molecule has 1 aromatic heterocycles. The number of carbonyl (C=O) groups is 4. The highest BCUT2D eigenvalue weighted by molar-refractivity contribution is 8.00. The van der Waals surface area contributed by atoms with Gasteiger partial charge in [0.15, 0.2) is 17.5 Å². The SMILES string of the molecule is CNC(C)(C)C12CC3CCCC(C)(C1)C3(SCCC(=O)N(C)[C@@H](C)C(=O)O[C@H]1CC(=O)N(C)c3cc(cc(OC)c3Cl)C/C(C)=C/C=C/[C@@H](OC)[C@@]3(O)C[C@H](OC(=O)N3)C3(C)C[C@@]1(C)O3)c1cc(O)n(c1O)Cc1ccc(cc1)C2O. The van der Waals surface area contributed by atoms with Gasteiger partial charge in [-0.2, -0.15) is 0 Å². The molecule has 3 aromatic rings. The van der Waals surface area contributed by atoms with Crippen LogP contribution in [-0.4, -0.2) is 142 Å². The first-order valence-electron chi connectivity index (χ1n) is 28.1. The summed E-state index contributed by atoms with van der Waals surface area (Å²) >= 11 is 8.51. The molecule has 2 aliphatic carbocycles. The molecule has 2 aromatic carbocycles. The summed E-state index contributed by atoms with van der Waals surface area (Å²) in [6, 6.07) is 11.9. The predicted molar refractivity (Wildman–Crippen MR) is 308 cm³/mol. The Morgan fingerprint density at radius 2 is 1.75 bits per heavy atom. The fourth-order valence-corrected chi connectivity index (χ4v) is 16.9. The van der Waals surface area contributed by atoms with Crippen LogP contribution < -0.4 is 20.3 Å². The van der Waals surface area contributed by atoms with Crippen LogP contribution >= 0.6 is 23.4 Å². The van der Waals surface area contributed by atoms with E-state index >= 15 is 0 Å². The fraction of sp³-hybridized carbons (Fsp3) is 0.607. The van der Waals surface area contributed by atoms with Crippen LogP contribution in [0.1, 0.15) is 135 Å². The summed E-state index contributed by atoms with van der Waals surface area (Å²) in [7, 11) is 7.95. The van der Waals surface area contributed by atoms with Crippen LogP contribution in [0.4, 0.5) is 10.5 Å². The third kappa shape index (κ3) is 10.4. The number of aromatic hydroxyl groups is 2. The molecule has 2 saturated carbocycles. The van der Waals surface area contributed by atoms with Crippen molar-refractivity contribution in [2.75, 3.05) is 46.0 Å². The predicted octanol–water partition coefficient (Wildman–Crippen LogP) is 8.57. The molecule has 12 atom stereocenters. The number of methoxy groups -OCH3 is 2. The topological polar surface area (TPSA) is 231 Å². The number of esters is 1. The Labute approximate surface area is 484 Å². The number of aliphatic hydroxyl groups is 2. The number of benzene rings is 2. The van der Waals surface area contributed by atoms with Crippen molar-refractivity contribution in [3.63, 3.8) is 0 Å². The highest BCUT2D eigenvalue weighted by Crippen LogP contribution is 2.74. The molecule has 2 saturated heterocycles. The van der Waals surface area contributed by atoms with Gasteiger partial charge in [0.25, 0.3) is 0 Å². The molecule has 14 bridgehead atoms. The van der Waals surface area contributed by atoms with Crippen molar-refractivity contribution >= 4 is 52.9 Å². The highest BCUT2D eigenvalue weighted by Gasteiger charge is 2.69. The third-order valence-electron chi connectivity index (χ3n) is 19.6. The molecule has 6 N–H and O–H groups in total. The summed E-state index contributed by atoms with van der Waals surface area (Å²) in [5, 5.41) is 55.0. The Hall–Kier alpha value is -5.28. The number of nitrogens with zero attached hydrogens (tertiary/aromatic N) is 3. The number of alkyl carbamates (subject to hydrolysis) is 1. The van der Waals surface area contributed by atoms with Crippen molar-refractivity contribution in [3.05, 3.63) is 93.5 Å². The number of hydrogen-bond acceptors (Lipinski definition) is 15. The van der Waals surface area contributed by atoms with Crippen LogP contribution in [0.25, 0.3) is 0 Å². The maximum absolute atomic E-state index is 14.6. The van der Waals surface area contributed by atoms with E-state index in [0.29, 0.717) is 42.0 Å². The quantitative estimate of drug-likeness (QED) is 0.0988. The lowest BCUT2D eigenvalue weighted by Gasteiger charge is -2.67. The van der Waals surface area contributed by atoms with Crippen molar-refractivity contribution in [1.29, 1.82) is 0 Å². The zero-order chi connectivity index (χ0) is 59.0. The average molecular weight is 1160 g/mol. The number of allylic oxidation sites excluding steroid dienone is 3. The Morgan fingerprint density at radius 3 is 2.41 bits per heavy atom. The standard InChI is InChI=1S/C61H82ClN5O13S/c1-35-15-13-17-44(77-12)60(75)31-46(79-54(74)64-60)58(7)34-57(6,80-58)45(29-48(69)66(10)42-26-38(25-35)27-43(76-11)50(42)62)78-53(73)36(2)65(9)47(68)22-24-81-61-40-16-14-23-56(61,5)33-59(30-40,55(3,4)63-8)51(71)39-20-18-37(19-21-39)32-67-49(70)28-41(61)52(67)72/h13,15,17-21,26-28,36,40,44-46,51,63,70-72,75H,14,16,22-25,29-34H2,1-12H3,(H,64,74)/b17-13+,35-15+/t36-,40?,44+,45-,46-,51?,56?,57+,58?,59?,60-,61?/m0/s1. The summed E-state index contributed by atoms with van der Waals surface area (Å²) in [4.78, 5) is 59.7. The van der Waals surface area contributed by atoms with Crippen LogP contribution in [-0.2, 0) is 51.0 Å². The molecule has 20 heteroatoms. The number of aliphatic hydroxyl groups excluding tert-OH is 1. The molecular weight excluding hydrogens is 1080 g/mol. The summed E-state index contributed by atoms with van der Waals surface area (Å²) in [6.07, 6.45) is 3.94. The number of thioether (sulfide) groups is 1. The zero-order valence-electron chi connectivity index (χ0n) is 48.8. The number of fused-ring (bicyclic) bond motifs is 7. The van der Waals surface area contributed by atoms with Crippen molar-refractivity contribution in [3.8, 4) is 17.5 Å². The number of anilines is 1. The van der Waals surface area contributed by atoms with Gasteiger partial charge in [-0.1, -0.05) is 73.0 Å². The van der Waals surface area contributed by atoms with Gasteiger partial charge in [0.1, 0.15) is 46.3 Å². The number of nitrogens with one attached hydrogen (secondary N) is 2. The Bertz CT molecular complexity index is 3000. The van der Waals surface area contributed by atoms with Crippen LogP contribution in [0.15, 0.2) is 66.3 Å². The van der Waals surface area contributed by atoms with Crippen molar-refractivity contribution < 1.29 is 63.3 Å². The van der Waals surface area contributed by atoms with E-state index in [4.69, 9.17) is 35.3 Å². The largest absolute Gasteiger partial charge is 0.495 e. The normalized spacial score (nSPS) is 34.4. The van der Waals surface area contributed by atoms with E-state index in [2.05, 4.69) is 31.4 Å². The lowest BCUT2D eigenvalue weighted by molar-refractivity contribution is -0.328. The highest BCUT2D eigenvalue weighted by atomic mass is 35.5. The van der Waals surface area contributed by atoms with E-state index in [1.807, 2.05) is 44.3 Å². The molecule has 0 radical (unpaired) electrons. The minimum absolute atomic E-state index is 0.00177. The summed E-state index contributed by atoms with van der Waals surface area (Å²) < 4.78 is 31.0. The van der Waals surface area contributed by atoms with Gasteiger partial charge in [0, 0.05) is 68.8 Å². The summed E-state index contributed by atoms with van der Waals surface area (Å²) in [5.74, 6) is -1.17. The van der Waals surface area contributed by atoms with Crippen molar-refractivity contribution in [1.82, 2.24) is 20.1 Å². The number of amides is 3. The van der Waals surface area contributed by atoms with Gasteiger partial charge in [-0.25, -0.2) is 9.59 Å². The number of likely N-dealkylation sites (N-methyl/N-ethyl adjacent to an activating group) is 1. The van der Waals surface area contributed by atoms with E-state index in [1.54, 1.807) is 69.9 Å². The molecule has 7 aliphatic heterocycles. The van der Waals surface area contributed by atoms with E-state index < -0.39 is 86.5 Å². The van der Waals surface area contributed by atoms with E-state index in [9.17, 15) is 39.6 Å². The van der Waals surface area contributed by atoms with Gasteiger partial charge in [0.05, 0.1) is 36.6 Å².